The SMILES string of the molecule is CC(CN)C(=O)Nc1ccc2[nH]ncc2c1. The number of carbonyl (C=O) groups is 1. The van der Waals surface area contributed by atoms with Crippen LogP contribution in [-0.2, 0) is 4.79 Å². The second-order valence-electron chi connectivity index (χ2n) is 3.80. The molecule has 2 rings (SSSR count). The van der Waals surface area contributed by atoms with E-state index in [1.54, 1.807) is 13.1 Å². The van der Waals surface area contributed by atoms with Crippen LogP contribution >= 0.6 is 0 Å². The molecule has 0 aliphatic rings. The van der Waals surface area contributed by atoms with Gasteiger partial charge >= 0.3 is 0 Å². The number of amides is 1. The molecule has 0 bridgehead atoms. The minimum atomic E-state index is -0.181. The van der Waals surface area contributed by atoms with Crippen molar-refractivity contribution in [3.63, 3.8) is 0 Å². The number of carbonyl (C=O) groups excluding carboxylic acids is 1. The number of aromatic nitrogens is 2. The van der Waals surface area contributed by atoms with Gasteiger partial charge in [-0.15, -0.1) is 0 Å². The molecule has 1 heterocycles. The first-order valence-electron chi connectivity index (χ1n) is 5.15. The third kappa shape index (κ3) is 2.04. The van der Waals surface area contributed by atoms with Gasteiger partial charge in [0, 0.05) is 23.5 Å². The molecule has 1 atom stereocenters. The van der Waals surface area contributed by atoms with Crippen molar-refractivity contribution >= 4 is 22.5 Å². The van der Waals surface area contributed by atoms with Crippen LogP contribution in [0.25, 0.3) is 10.9 Å². The Bertz CT molecular complexity index is 505. The maximum absolute atomic E-state index is 11.6. The molecule has 84 valence electrons. The maximum atomic E-state index is 11.6. The zero-order valence-corrected chi connectivity index (χ0v) is 9.03. The number of hydrogen-bond donors (Lipinski definition) is 3. The summed E-state index contributed by atoms with van der Waals surface area (Å²) in [6.45, 7) is 2.14. The van der Waals surface area contributed by atoms with Gasteiger partial charge in [-0.2, -0.15) is 5.10 Å². The maximum Gasteiger partial charge on any atom is 0.228 e. The van der Waals surface area contributed by atoms with E-state index >= 15 is 0 Å². The molecule has 1 unspecified atom stereocenters. The molecular formula is C11H14N4O. The first-order valence-corrected chi connectivity index (χ1v) is 5.15. The van der Waals surface area contributed by atoms with Gasteiger partial charge in [-0.25, -0.2) is 0 Å². The molecule has 4 N–H and O–H groups in total. The van der Waals surface area contributed by atoms with Crippen LogP contribution in [0, 0.1) is 5.92 Å². The van der Waals surface area contributed by atoms with Crippen molar-refractivity contribution < 1.29 is 4.79 Å². The van der Waals surface area contributed by atoms with E-state index in [2.05, 4.69) is 15.5 Å². The fourth-order valence-electron chi connectivity index (χ4n) is 1.39. The van der Waals surface area contributed by atoms with Gasteiger partial charge in [-0.3, -0.25) is 9.89 Å². The summed E-state index contributed by atoms with van der Waals surface area (Å²) in [6.07, 6.45) is 1.72. The highest BCUT2D eigenvalue weighted by atomic mass is 16.1. The van der Waals surface area contributed by atoms with Crippen LogP contribution in [0.1, 0.15) is 6.92 Å². The van der Waals surface area contributed by atoms with Crippen LogP contribution in [0.4, 0.5) is 5.69 Å². The number of rotatable bonds is 3. The number of nitrogens with one attached hydrogen (secondary N) is 2. The molecule has 0 saturated heterocycles. The number of H-pyrrole nitrogens is 1. The molecule has 0 aliphatic heterocycles. The molecule has 5 heteroatoms. The summed E-state index contributed by atoms with van der Waals surface area (Å²) in [5.74, 6) is -0.245. The molecule has 0 radical (unpaired) electrons. The number of nitrogens with zero attached hydrogens (tertiary/aromatic N) is 1. The minimum Gasteiger partial charge on any atom is -0.330 e. The normalized spacial score (nSPS) is 12.6. The van der Waals surface area contributed by atoms with Crippen LogP contribution in [0.3, 0.4) is 0 Å². The summed E-state index contributed by atoms with van der Waals surface area (Å²) in [5, 5.41) is 10.6. The Kier molecular flexibility index (Phi) is 2.87. The van der Waals surface area contributed by atoms with E-state index < -0.39 is 0 Å². The van der Waals surface area contributed by atoms with E-state index in [0.717, 1.165) is 16.6 Å². The standard InChI is InChI=1S/C11H14N4O/c1-7(5-12)11(16)14-9-2-3-10-8(4-9)6-13-15-10/h2-4,6-7H,5,12H2,1H3,(H,13,15)(H,14,16). The topological polar surface area (TPSA) is 83.8 Å². The molecular weight excluding hydrogens is 204 g/mol. The van der Waals surface area contributed by atoms with E-state index in [-0.39, 0.29) is 11.8 Å². The molecule has 0 saturated carbocycles. The lowest BCUT2D eigenvalue weighted by Gasteiger charge is -2.09. The largest absolute Gasteiger partial charge is 0.330 e. The molecule has 0 spiro atoms. The van der Waals surface area contributed by atoms with Crippen molar-refractivity contribution in [3.05, 3.63) is 24.4 Å². The number of benzene rings is 1. The Morgan fingerprint density at radius 3 is 3.19 bits per heavy atom. The van der Waals surface area contributed by atoms with Crippen molar-refractivity contribution in [3.8, 4) is 0 Å². The molecule has 16 heavy (non-hydrogen) atoms. The molecule has 1 aromatic carbocycles. The highest BCUT2D eigenvalue weighted by molar-refractivity contribution is 5.94. The Morgan fingerprint density at radius 2 is 2.44 bits per heavy atom. The van der Waals surface area contributed by atoms with Crippen LogP contribution in [0.15, 0.2) is 24.4 Å². The zero-order valence-electron chi connectivity index (χ0n) is 9.03. The van der Waals surface area contributed by atoms with Gasteiger partial charge in [0.15, 0.2) is 0 Å². The van der Waals surface area contributed by atoms with E-state index in [0.29, 0.717) is 6.54 Å². The van der Waals surface area contributed by atoms with E-state index in [4.69, 9.17) is 5.73 Å². The zero-order chi connectivity index (χ0) is 11.5. The van der Waals surface area contributed by atoms with Crippen molar-refractivity contribution in [2.24, 2.45) is 11.7 Å². The molecule has 5 nitrogen and oxygen atoms in total. The first-order chi connectivity index (χ1) is 7.70. The van der Waals surface area contributed by atoms with Gasteiger partial charge in [0.05, 0.1) is 11.7 Å². The Balaban J connectivity index is 2.17. The third-order valence-electron chi connectivity index (χ3n) is 2.51. The Labute approximate surface area is 93.0 Å². The fraction of sp³-hybridized carbons (Fsp3) is 0.273. The van der Waals surface area contributed by atoms with Crippen molar-refractivity contribution in [1.82, 2.24) is 10.2 Å². The second kappa shape index (κ2) is 4.32. The van der Waals surface area contributed by atoms with Gasteiger partial charge in [-0.1, -0.05) is 6.92 Å². The molecule has 0 fully saturated rings. The lowest BCUT2D eigenvalue weighted by Crippen LogP contribution is -2.26. The summed E-state index contributed by atoms with van der Waals surface area (Å²) in [5.41, 5.74) is 7.14. The summed E-state index contributed by atoms with van der Waals surface area (Å²) in [4.78, 5) is 11.6. The summed E-state index contributed by atoms with van der Waals surface area (Å²) in [7, 11) is 0. The number of aromatic amines is 1. The monoisotopic (exact) mass is 218 g/mol. The van der Waals surface area contributed by atoms with Gasteiger partial charge in [-0.05, 0) is 18.2 Å². The molecule has 1 aromatic heterocycles. The number of nitrogens with two attached hydrogens (primary N) is 1. The van der Waals surface area contributed by atoms with E-state index in [1.807, 2.05) is 18.2 Å². The predicted octanol–water partition coefficient (Wildman–Crippen LogP) is 1.10. The molecule has 1 amide bonds. The van der Waals surface area contributed by atoms with Crippen molar-refractivity contribution in [2.75, 3.05) is 11.9 Å². The number of hydrogen-bond acceptors (Lipinski definition) is 3. The van der Waals surface area contributed by atoms with E-state index in [1.165, 1.54) is 0 Å². The summed E-state index contributed by atoms with van der Waals surface area (Å²) in [6, 6.07) is 5.59. The Hall–Kier alpha value is -1.88. The summed E-state index contributed by atoms with van der Waals surface area (Å²) >= 11 is 0. The quantitative estimate of drug-likeness (QED) is 0.721. The van der Waals surface area contributed by atoms with Crippen LogP contribution in [0.2, 0.25) is 0 Å². The van der Waals surface area contributed by atoms with Gasteiger partial charge in [0.2, 0.25) is 5.91 Å². The van der Waals surface area contributed by atoms with Crippen molar-refractivity contribution in [2.45, 2.75) is 6.92 Å². The average Bonchev–Trinajstić information content (AvgIpc) is 2.75. The highest BCUT2D eigenvalue weighted by Crippen LogP contribution is 2.17. The second-order valence-corrected chi connectivity index (χ2v) is 3.80. The molecule has 2 aromatic rings. The average molecular weight is 218 g/mol. The van der Waals surface area contributed by atoms with Crippen LogP contribution < -0.4 is 11.1 Å². The van der Waals surface area contributed by atoms with Crippen LogP contribution in [-0.4, -0.2) is 22.6 Å². The Morgan fingerprint density at radius 1 is 1.62 bits per heavy atom. The number of fused-ring (bicyclic) bond motifs is 1. The first kappa shape index (κ1) is 10.6. The predicted molar refractivity (Wildman–Crippen MR) is 62.9 cm³/mol. The summed E-state index contributed by atoms with van der Waals surface area (Å²) < 4.78 is 0. The smallest absolute Gasteiger partial charge is 0.228 e. The lowest BCUT2D eigenvalue weighted by molar-refractivity contribution is -0.119. The fourth-order valence-corrected chi connectivity index (χ4v) is 1.39. The minimum absolute atomic E-state index is 0.0645. The van der Waals surface area contributed by atoms with E-state index in [9.17, 15) is 4.79 Å². The molecule has 0 aliphatic carbocycles. The number of anilines is 1. The van der Waals surface area contributed by atoms with Crippen LogP contribution in [0.5, 0.6) is 0 Å². The lowest BCUT2D eigenvalue weighted by atomic mass is 10.1. The van der Waals surface area contributed by atoms with Crippen molar-refractivity contribution in [1.29, 1.82) is 0 Å². The highest BCUT2D eigenvalue weighted by Gasteiger charge is 2.10. The third-order valence-corrected chi connectivity index (χ3v) is 2.51. The van der Waals surface area contributed by atoms with Gasteiger partial charge in [0.25, 0.3) is 0 Å². The van der Waals surface area contributed by atoms with Gasteiger partial charge < -0.3 is 11.1 Å². The van der Waals surface area contributed by atoms with Gasteiger partial charge in [0.1, 0.15) is 0 Å².